The van der Waals surface area contributed by atoms with E-state index in [-0.39, 0.29) is 19.1 Å². The average molecular weight is 278 g/mol. The lowest BCUT2D eigenvalue weighted by molar-refractivity contribution is 0.227. The van der Waals surface area contributed by atoms with Gasteiger partial charge in [-0.05, 0) is 12.1 Å². The molecule has 0 unspecified atom stereocenters. The average Bonchev–Trinajstić information content (AvgIpc) is 2.93. The van der Waals surface area contributed by atoms with Crippen LogP contribution in [-0.2, 0) is 13.2 Å². The van der Waals surface area contributed by atoms with Crippen LogP contribution in [0.25, 0.3) is 0 Å². The molecular weight excluding hydrogens is 260 g/mol. The van der Waals surface area contributed by atoms with Crippen molar-refractivity contribution in [2.45, 2.75) is 33.0 Å². The SMILES string of the molecule is COc1ccc(CO)c(OCc2nc(C(C)C)no2)c1. The minimum atomic E-state index is -0.111. The highest BCUT2D eigenvalue weighted by Gasteiger charge is 2.11. The maximum absolute atomic E-state index is 9.28. The van der Waals surface area contributed by atoms with Crippen molar-refractivity contribution in [1.82, 2.24) is 10.1 Å². The molecule has 0 amide bonds. The number of hydrogen-bond donors (Lipinski definition) is 1. The number of aliphatic hydroxyl groups is 1. The molecule has 0 aliphatic heterocycles. The highest BCUT2D eigenvalue weighted by atomic mass is 16.5. The van der Waals surface area contributed by atoms with Crippen molar-refractivity contribution in [2.75, 3.05) is 7.11 Å². The number of aliphatic hydroxyl groups excluding tert-OH is 1. The zero-order valence-electron chi connectivity index (χ0n) is 11.8. The van der Waals surface area contributed by atoms with Crippen LogP contribution in [0.3, 0.4) is 0 Å². The predicted octanol–water partition coefficient (Wildman–Crippen LogP) is 2.27. The van der Waals surface area contributed by atoms with Crippen LogP contribution in [0, 0.1) is 0 Å². The van der Waals surface area contributed by atoms with Gasteiger partial charge in [0.05, 0.1) is 13.7 Å². The third kappa shape index (κ3) is 3.27. The minimum absolute atomic E-state index is 0.111. The van der Waals surface area contributed by atoms with Crippen LogP contribution >= 0.6 is 0 Å². The summed E-state index contributed by atoms with van der Waals surface area (Å²) < 4.78 is 15.8. The van der Waals surface area contributed by atoms with E-state index in [2.05, 4.69) is 10.1 Å². The number of benzene rings is 1. The quantitative estimate of drug-likeness (QED) is 0.873. The Kier molecular flexibility index (Phi) is 4.57. The second-order valence-corrected chi connectivity index (χ2v) is 4.62. The predicted molar refractivity (Wildman–Crippen MR) is 71.6 cm³/mol. The standard InChI is InChI=1S/C14H18N2O4/c1-9(2)14-15-13(20-16-14)8-19-12-6-11(18-3)5-4-10(12)7-17/h4-6,9,17H,7-8H2,1-3H3. The van der Waals surface area contributed by atoms with Crippen molar-refractivity contribution in [3.8, 4) is 11.5 Å². The molecule has 0 saturated heterocycles. The second-order valence-electron chi connectivity index (χ2n) is 4.62. The summed E-state index contributed by atoms with van der Waals surface area (Å²) in [6, 6.07) is 5.23. The fraction of sp³-hybridized carbons (Fsp3) is 0.429. The van der Waals surface area contributed by atoms with Gasteiger partial charge in [0.15, 0.2) is 12.4 Å². The van der Waals surface area contributed by atoms with E-state index in [1.165, 1.54) is 0 Å². The van der Waals surface area contributed by atoms with Crippen LogP contribution in [0.4, 0.5) is 0 Å². The van der Waals surface area contributed by atoms with Gasteiger partial charge in [0.1, 0.15) is 11.5 Å². The highest BCUT2D eigenvalue weighted by molar-refractivity contribution is 5.40. The first-order valence-electron chi connectivity index (χ1n) is 6.37. The molecule has 1 aromatic carbocycles. The Morgan fingerprint density at radius 2 is 2.15 bits per heavy atom. The number of ether oxygens (including phenoxy) is 2. The van der Waals surface area contributed by atoms with Crippen LogP contribution in [0.5, 0.6) is 11.5 Å². The largest absolute Gasteiger partial charge is 0.497 e. The molecule has 1 aromatic heterocycles. The van der Waals surface area contributed by atoms with Gasteiger partial charge in [-0.25, -0.2) is 0 Å². The first-order valence-corrected chi connectivity index (χ1v) is 6.37. The molecule has 1 N–H and O–H groups in total. The van der Waals surface area contributed by atoms with Crippen molar-refractivity contribution in [1.29, 1.82) is 0 Å². The zero-order valence-corrected chi connectivity index (χ0v) is 11.8. The lowest BCUT2D eigenvalue weighted by Crippen LogP contribution is -2.00. The molecule has 108 valence electrons. The van der Waals surface area contributed by atoms with Gasteiger partial charge in [-0.15, -0.1) is 0 Å². The summed E-state index contributed by atoms with van der Waals surface area (Å²) in [6.45, 7) is 4.02. The fourth-order valence-corrected chi connectivity index (χ4v) is 1.63. The van der Waals surface area contributed by atoms with E-state index in [0.29, 0.717) is 28.8 Å². The fourth-order valence-electron chi connectivity index (χ4n) is 1.63. The molecule has 0 spiro atoms. The molecule has 2 aromatic rings. The van der Waals surface area contributed by atoms with Crippen molar-refractivity contribution in [3.05, 3.63) is 35.5 Å². The normalized spacial score (nSPS) is 10.8. The molecule has 2 rings (SSSR count). The van der Waals surface area contributed by atoms with Crippen molar-refractivity contribution < 1.29 is 19.1 Å². The second kappa shape index (κ2) is 6.38. The molecule has 20 heavy (non-hydrogen) atoms. The maximum atomic E-state index is 9.28. The number of rotatable bonds is 6. The number of nitrogens with zero attached hydrogens (tertiary/aromatic N) is 2. The Labute approximate surface area is 117 Å². The molecule has 6 nitrogen and oxygen atoms in total. The van der Waals surface area contributed by atoms with Crippen LogP contribution in [0.2, 0.25) is 0 Å². The third-order valence-corrected chi connectivity index (χ3v) is 2.80. The molecule has 0 bridgehead atoms. The third-order valence-electron chi connectivity index (χ3n) is 2.80. The van der Waals surface area contributed by atoms with Crippen LogP contribution in [0.15, 0.2) is 22.7 Å². The molecule has 0 fully saturated rings. The van der Waals surface area contributed by atoms with E-state index in [1.54, 1.807) is 25.3 Å². The Hall–Kier alpha value is -2.08. The number of methoxy groups -OCH3 is 1. The van der Waals surface area contributed by atoms with Crippen molar-refractivity contribution >= 4 is 0 Å². The summed E-state index contributed by atoms with van der Waals surface area (Å²) in [7, 11) is 1.57. The van der Waals surface area contributed by atoms with Gasteiger partial charge < -0.3 is 19.1 Å². The zero-order chi connectivity index (χ0) is 14.5. The van der Waals surface area contributed by atoms with Gasteiger partial charge >= 0.3 is 0 Å². The summed E-state index contributed by atoms with van der Waals surface area (Å²) in [6.07, 6.45) is 0. The van der Waals surface area contributed by atoms with E-state index in [9.17, 15) is 5.11 Å². The van der Waals surface area contributed by atoms with Gasteiger partial charge in [-0.2, -0.15) is 4.98 Å². The smallest absolute Gasteiger partial charge is 0.264 e. The monoisotopic (exact) mass is 278 g/mol. The van der Waals surface area contributed by atoms with E-state index in [4.69, 9.17) is 14.0 Å². The number of aromatic nitrogens is 2. The summed E-state index contributed by atoms with van der Waals surface area (Å²) in [5.74, 6) is 2.45. The van der Waals surface area contributed by atoms with E-state index >= 15 is 0 Å². The van der Waals surface area contributed by atoms with E-state index in [0.717, 1.165) is 0 Å². The first kappa shape index (κ1) is 14.3. The summed E-state index contributed by atoms with van der Waals surface area (Å²) in [4.78, 5) is 4.23. The topological polar surface area (TPSA) is 77.6 Å². The van der Waals surface area contributed by atoms with Gasteiger partial charge in [-0.3, -0.25) is 0 Å². The Balaban J connectivity index is 2.09. The highest BCUT2D eigenvalue weighted by Crippen LogP contribution is 2.25. The molecule has 0 saturated carbocycles. The Morgan fingerprint density at radius 3 is 2.75 bits per heavy atom. The minimum Gasteiger partial charge on any atom is -0.497 e. The van der Waals surface area contributed by atoms with Crippen LogP contribution < -0.4 is 9.47 Å². The number of hydrogen-bond acceptors (Lipinski definition) is 6. The molecule has 0 atom stereocenters. The van der Waals surface area contributed by atoms with Gasteiger partial charge in [0.2, 0.25) is 0 Å². The lowest BCUT2D eigenvalue weighted by Gasteiger charge is -2.10. The van der Waals surface area contributed by atoms with Gasteiger partial charge in [0, 0.05) is 17.5 Å². The Morgan fingerprint density at radius 1 is 1.35 bits per heavy atom. The Bertz CT molecular complexity index is 566. The summed E-state index contributed by atoms with van der Waals surface area (Å²) in [5.41, 5.74) is 0.675. The molecule has 1 heterocycles. The molecule has 6 heteroatoms. The molecule has 0 radical (unpaired) electrons. The van der Waals surface area contributed by atoms with Crippen LogP contribution in [0.1, 0.15) is 37.0 Å². The summed E-state index contributed by atoms with van der Waals surface area (Å²) >= 11 is 0. The van der Waals surface area contributed by atoms with Gasteiger partial charge in [0.25, 0.3) is 5.89 Å². The first-order chi connectivity index (χ1) is 9.63. The maximum Gasteiger partial charge on any atom is 0.264 e. The molecule has 0 aliphatic carbocycles. The van der Waals surface area contributed by atoms with E-state index < -0.39 is 0 Å². The molecule has 0 aliphatic rings. The van der Waals surface area contributed by atoms with Crippen molar-refractivity contribution in [2.24, 2.45) is 0 Å². The van der Waals surface area contributed by atoms with Crippen LogP contribution in [-0.4, -0.2) is 22.4 Å². The molecular formula is C14H18N2O4. The summed E-state index contributed by atoms with van der Waals surface area (Å²) in [5, 5.41) is 13.1. The van der Waals surface area contributed by atoms with Crippen molar-refractivity contribution in [3.63, 3.8) is 0 Å². The van der Waals surface area contributed by atoms with Gasteiger partial charge in [-0.1, -0.05) is 19.0 Å². The lowest BCUT2D eigenvalue weighted by atomic mass is 10.2. The van der Waals surface area contributed by atoms with E-state index in [1.807, 2.05) is 13.8 Å².